The fourth-order valence-electron chi connectivity index (χ4n) is 2.85. The van der Waals surface area contributed by atoms with E-state index in [0.717, 1.165) is 0 Å². The lowest BCUT2D eigenvalue weighted by molar-refractivity contribution is -0.202. The minimum Gasteiger partial charge on any atom is -0.450 e. The number of esters is 1. The highest BCUT2D eigenvalue weighted by molar-refractivity contribution is 6.05. The summed E-state index contributed by atoms with van der Waals surface area (Å²) in [6.45, 7) is 15.3. The van der Waals surface area contributed by atoms with Gasteiger partial charge in [0, 0.05) is 5.57 Å². The first-order valence-corrected chi connectivity index (χ1v) is 8.09. The molecule has 1 rings (SSSR count). The third kappa shape index (κ3) is 4.67. The molecular formula is C18H27NO6. The highest BCUT2D eigenvalue weighted by Crippen LogP contribution is 2.47. The molecule has 140 valence electrons. The summed E-state index contributed by atoms with van der Waals surface area (Å²) in [7, 11) is 0. The van der Waals surface area contributed by atoms with Gasteiger partial charge in [-0.1, -0.05) is 48.1 Å². The van der Waals surface area contributed by atoms with Crippen LogP contribution in [0.4, 0.5) is 0 Å². The zero-order valence-electron chi connectivity index (χ0n) is 16.0. The largest absolute Gasteiger partial charge is 0.450 e. The molecule has 0 aliphatic carbocycles. The molecule has 0 saturated carbocycles. The van der Waals surface area contributed by atoms with Gasteiger partial charge < -0.3 is 9.57 Å². The van der Waals surface area contributed by atoms with Crippen molar-refractivity contribution in [2.24, 2.45) is 22.7 Å². The van der Waals surface area contributed by atoms with E-state index in [1.807, 2.05) is 41.5 Å². The van der Waals surface area contributed by atoms with Gasteiger partial charge in [-0.05, 0) is 17.8 Å². The number of carbonyl (C=O) groups excluding carboxylic acids is 4. The fraction of sp³-hybridized carbons (Fsp3) is 0.667. The topological polar surface area (TPSA) is 90.0 Å². The van der Waals surface area contributed by atoms with Crippen molar-refractivity contribution in [1.82, 2.24) is 5.06 Å². The van der Waals surface area contributed by atoms with E-state index < -0.39 is 53.0 Å². The number of hydrogen-bond acceptors (Lipinski definition) is 6. The molecule has 1 heterocycles. The van der Waals surface area contributed by atoms with Gasteiger partial charge >= 0.3 is 11.9 Å². The maximum Gasteiger partial charge on any atom is 0.370 e. The van der Waals surface area contributed by atoms with E-state index in [1.54, 1.807) is 0 Å². The van der Waals surface area contributed by atoms with Crippen LogP contribution in [0.3, 0.4) is 0 Å². The van der Waals surface area contributed by atoms with E-state index in [9.17, 15) is 19.2 Å². The first-order chi connectivity index (χ1) is 11.2. The van der Waals surface area contributed by atoms with Gasteiger partial charge in [-0.3, -0.25) is 9.59 Å². The molecule has 0 radical (unpaired) electrons. The summed E-state index contributed by atoms with van der Waals surface area (Å²) in [6.07, 6.45) is 0. The van der Waals surface area contributed by atoms with Crippen LogP contribution in [0.15, 0.2) is 12.2 Å². The smallest absolute Gasteiger partial charge is 0.370 e. The zero-order chi connectivity index (χ0) is 19.7. The number of hydrogen-bond donors (Lipinski definition) is 0. The lowest BCUT2D eigenvalue weighted by Crippen LogP contribution is -2.38. The first-order valence-electron chi connectivity index (χ1n) is 8.09. The van der Waals surface area contributed by atoms with Crippen LogP contribution in [-0.4, -0.2) is 35.4 Å². The number of ether oxygens (including phenoxy) is 1. The molecule has 0 N–H and O–H groups in total. The van der Waals surface area contributed by atoms with Crippen molar-refractivity contribution in [3.63, 3.8) is 0 Å². The maximum absolute atomic E-state index is 12.7. The molecule has 1 fully saturated rings. The Morgan fingerprint density at radius 2 is 1.40 bits per heavy atom. The molecule has 1 aliphatic heterocycles. The van der Waals surface area contributed by atoms with Crippen LogP contribution in [0, 0.1) is 22.7 Å². The summed E-state index contributed by atoms with van der Waals surface area (Å²) in [5.74, 6) is -4.11. The van der Waals surface area contributed by atoms with Crippen molar-refractivity contribution < 1.29 is 28.8 Å². The minimum atomic E-state index is -1.00. The minimum absolute atomic E-state index is 0.127. The standard InChI is InChI=1S/C18H27NO6/c1-10(2)16(23)24-9-11(20)25-19-14(21)12(17(3,4)5)13(15(19)22)18(6,7)8/h12-13H,1,9H2,2-8H3. The zero-order valence-corrected chi connectivity index (χ0v) is 16.0. The van der Waals surface area contributed by atoms with Crippen LogP contribution in [0.1, 0.15) is 48.5 Å². The normalized spacial score (nSPS) is 21.3. The van der Waals surface area contributed by atoms with Gasteiger partial charge in [0.15, 0.2) is 6.61 Å². The van der Waals surface area contributed by atoms with E-state index in [-0.39, 0.29) is 5.57 Å². The van der Waals surface area contributed by atoms with Gasteiger partial charge in [0.1, 0.15) is 0 Å². The lowest BCUT2D eigenvalue weighted by Gasteiger charge is -2.35. The van der Waals surface area contributed by atoms with Crippen LogP contribution < -0.4 is 0 Å². The summed E-state index contributed by atoms with van der Waals surface area (Å²) in [5.41, 5.74) is -0.849. The van der Waals surface area contributed by atoms with E-state index >= 15 is 0 Å². The third-order valence-electron chi connectivity index (χ3n) is 3.99. The molecule has 0 aromatic rings. The number of rotatable bonds is 4. The highest BCUT2D eigenvalue weighted by atomic mass is 16.7. The fourth-order valence-corrected chi connectivity index (χ4v) is 2.85. The molecule has 1 saturated heterocycles. The van der Waals surface area contributed by atoms with E-state index in [2.05, 4.69) is 11.3 Å². The van der Waals surface area contributed by atoms with Crippen molar-refractivity contribution in [2.45, 2.75) is 48.5 Å². The molecule has 2 unspecified atom stereocenters. The van der Waals surface area contributed by atoms with Crippen molar-refractivity contribution in [2.75, 3.05) is 6.61 Å². The van der Waals surface area contributed by atoms with Gasteiger partial charge in [0.25, 0.3) is 11.8 Å². The Balaban J connectivity index is 2.96. The van der Waals surface area contributed by atoms with E-state index in [0.29, 0.717) is 5.06 Å². The molecule has 0 aromatic carbocycles. The molecular weight excluding hydrogens is 326 g/mol. The molecule has 1 aliphatic rings. The number of nitrogens with zero attached hydrogens (tertiary/aromatic N) is 1. The van der Waals surface area contributed by atoms with Crippen molar-refractivity contribution >= 4 is 23.8 Å². The second-order valence-electron chi connectivity index (χ2n) is 8.48. The molecule has 0 spiro atoms. The van der Waals surface area contributed by atoms with E-state index in [4.69, 9.17) is 4.84 Å². The molecule has 7 heteroatoms. The molecule has 0 bridgehead atoms. The second-order valence-corrected chi connectivity index (χ2v) is 8.48. The van der Waals surface area contributed by atoms with Crippen LogP contribution >= 0.6 is 0 Å². The monoisotopic (exact) mass is 353 g/mol. The SMILES string of the molecule is C=C(C)C(=O)OCC(=O)ON1C(=O)C(C(C)(C)C)C(C(C)(C)C)C1=O. The van der Waals surface area contributed by atoms with Crippen molar-refractivity contribution in [3.05, 3.63) is 12.2 Å². The molecule has 2 atom stereocenters. The predicted molar refractivity (Wildman–Crippen MR) is 89.6 cm³/mol. The second kappa shape index (κ2) is 6.98. The van der Waals surface area contributed by atoms with Gasteiger partial charge in [0.05, 0.1) is 11.8 Å². The number of hydroxylamine groups is 2. The third-order valence-corrected chi connectivity index (χ3v) is 3.99. The number of amides is 2. The summed E-state index contributed by atoms with van der Waals surface area (Å²) in [5, 5.41) is 0.517. The lowest BCUT2D eigenvalue weighted by atomic mass is 9.65. The predicted octanol–water partition coefficient (Wildman–Crippen LogP) is 2.26. The Morgan fingerprint density at radius 3 is 1.72 bits per heavy atom. The van der Waals surface area contributed by atoms with Crippen LogP contribution in [0.25, 0.3) is 0 Å². The van der Waals surface area contributed by atoms with Crippen LogP contribution in [-0.2, 0) is 28.8 Å². The molecule has 0 aromatic heterocycles. The molecule has 25 heavy (non-hydrogen) atoms. The number of imide groups is 1. The highest BCUT2D eigenvalue weighted by Gasteiger charge is 2.58. The Labute approximate surface area is 148 Å². The van der Waals surface area contributed by atoms with Gasteiger partial charge in [-0.2, -0.15) is 0 Å². The summed E-state index contributed by atoms with van der Waals surface area (Å²) >= 11 is 0. The Bertz CT molecular complexity index is 576. The maximum atomic E-state index is 12.7. The van der Waals surface area contributed by atoms with Crippen molar-refractivity contribution in [1.29, 1.82) is 0 Å². The summed E-state index contributed by atoms with van der Waals surface area (Å²) in [6, 6.07) is 0. The number of carbonyl (C=O) groups is 4. The Kier molecular flexibility index (Phi) is 5.82. The molecule has 2 amide bonds. The first kappa shape index (κ1) is 20.9. The summed E-state index contributed by atoms with van der Waals surface area (Å²) < 4.78 is 4.67. The van der Waals surface area contributed by atoms with Gasteiger partial charge in [-0.25, -0.2) is 9.59 Å². The average molecular weight is 353 g/mol. The molecule has 7 nitrogen and oxygen atoms in total. The quantitative estimate of drug-likeness (QED) is 0.437. The van der Waals surface area contributed by atoms with Crippen LogP contribution in [0.2, 0.25) is 0 Å². The van der Waals surface area contributed by atoms with Crippen LogP contribution in [0.5, 0.6) is 0 Å². The Hall–Kier alpha value is -2.18. The Morgan fingerprint density at radius 1 is 1.00 bits per heavy atom. The van der Waals surface area contributed by atoms with Crippen molar-refractivity contribution in [3.8, 4) is 0 Å². The summed E-state index contributed by atoms with van der Waals surface area (Å²) in [4.78, 5) is 53.5. The van der Waals surface area contributed by atoms with Gasteiger partial charge in [-0.15, -0.1) is 5.06 Å². The average Bonchev–Trinajstić information content (AvgIpc) is 2.68. The van der Waals surface area contributed by atoms with Gasteiger partial charge in [0.2, 0.25) is 0 Å². The van der Waals surface area contributed by atoms with E-state index in [1.165, 1.54) is 6.92 Å².